The molecule has 0 amide bonds. The highest BCUT2D eigenvalue weighted by molar-refractivity contribution is 7.80. The van der Waals surface area contributed by atoms with Crippen molar-refractivity contribution in [3.63, 3.8) is 0 Å². The van der Waals surface area contributed by atoms with Crippen LogP contribution in [-0.2, 0) is 0 Å². The molecule has 0 atom stereocenters. The Labute approximate surface area is 83.8 Å². The highest BCUT2D eigenvalue weighted by Crippen LogP contribution is 2.21. The fraction of sp³-hybridized carbons (Fsp3) is 0.300. The van der Waals surface area contributed by atoms with Crippen LogP contribution >= 0.6 is 12.6 Å². The standard InChI is InChI=1S/C10H13NOS/c1-3-11-9-6-8(7(2)12)4-5-10(9)13/h4-6,11,13H,3H2,1-2H3. The molecule has 13 heavy (non-hydrogen) atoms. The normalized spacial score (nSPS) is 9.77. The number of thiol groups is 1. The quantitative estimate of drug-likeness (QED) is 0.573. The maximum absolute atomic E-state index is 11.1. The third-order valence-corrected chi connectivity index (χ3v) is 2.16. The Morgan fingerprint density at radius 1 is 1.54 bits per heavy atom. The van der Waals surface area contributed by atoms with Crippen LogP contribution in [0.1, 0.15) is 24.2 Å². The van der Waals surface area contributed by atoms with E-state index in [2.05, 4.69) is 17.9 Å². The second-order valence-corrected chi connectivity index (χ2v) is 3.30. The van der Waals surface area contributed by atoms with Gasteiger partial charge in [0.2, 0.25) is 0 Å². The van der Waals surface area contributed by atoms with Gasteiger partial charge < -0.3 is 5.32 Å². The molecular weight excluding hydrogens is 182 g/mol. The lowest BCUT2D eigenvalue weighted by Gasteiger charge is -2.07. The first-order valence-electron chi connectivity index (χ1n) is 4.23. The Morgan fingerprint density at radius 2 is 2.23 bits per heavy atom. The molecule has 2 nitrogen and oxygen atoms in total. The SMILES string of the molecule is CCNc1cc(C(C)=O)ccc1S. The summed E-state index contributed by atoms with van der Waals surface area (Å²) in [4.78, 5) is 11.9. The summed E-state index contributed by atoms with van der Waals surface area (Å²) < 4.78 is 0. The Hall–Kier alpha value is -0.960. The summed E-state index contributed by atoms with van der Waals surface area (Å²) in [6, 6.07) is 5.44. The van der Waals surface area contributed by atoms with E-state index < -0.39 is 0 Å². The molecule has 3 heteroatoms. The molecule has 0 spiro atoms. The number of anilines is 1. The summed E-state index contributed by atoms with van der Waals surface area (Å²) in [5, 5.41) is 3.14. The van der Waals surface area contributed by atoms with Crippen molar-refractivity contribution < 1.29 is 4.79 Å². The summed E-state index contributed by atoms with van der Waals surface area (Å²) in [5.41, 5.74) is 1.63. The minimum absolute atomic E-state index is 0.0764. The molecule has 0 heterocycles. The van der Waals surface area contributed by atoms with Gasteiger partial charge in [-0.1, -0.05) is 6.07 Å². The van der Waals surface area contributed by atoms with Crippen molar-refractivity contribution in [3.05, 3.63) is 23.8 Å². The number of benzene rings is 1. The highest BCUT2D eigenvalue weighted by atomic mass is 32.1. The molecule has 0 aliphatic carbocycles. The molecule has 0 radical (unpaired) electrons. The molecule has 70 valence electrons. The number of hydrogen-bond donors (Lipinski definition) is 2. The van der Waals surface area contributed by atoms with Crippen molar-refractivity contribution in [2.45, 2.75) is 18.7 Å². The summed E-state index contributed by atoms with van der Waals surface area (Å²) in [6.45, 7) is 4.39. The lowest BCUT2D eigenvalue weighted by Crippen LogP contribution is -2.00. The van der Waals surface area contributed by atoms with Crippen LogP contribution in [-0.4, -0.2) is 12.3 Å². The molecule has 0 aromatic heterocycles. The van der Waals surface area contributed by atoms with E-state index in [1.807, 2.05) is 19.1 Å². The Bertz CT molecular complexity index is 323. The van der Waals surface area contributed by atoms with E-state index in [1.54, 1.807) is 13.0 Å². The molecule has 1 aromatic rings. The zero-order chi connectivity index (χ0) is 9.84. The predicted molar refractivity (Wildman–Crippen MR) is 57.9 cm³/mol. The second-order valence-electron chi connectivity index (χ2n) is 2.82. The lowest BCUT2D eigenvalue weighted by atomic mass is 10.1. The van der Waals surface area contributed by atoms with Crippen LogP contribution in [0.3, 0.4) is 0 Å². The zero-order valence-corrected chi connectivity index (χ0v) is 8.69. The van der Waals surface area contributed by atoms with Gasteiger partial charge in [-0.05, 0) is 26.0 Å². The van der Waals surface area contributed by atoms with Gasteiger partial charge in [-0.25, -0.2) is 0 Å². The molecule has 0 aliphatic rings. The van der Waals surface area contributed by atoms with E-state index >= 15 is 0 Å². The maximum atomic E-state index is 11.1. The molecular formula is C10H13NOS. The topological polar surface area (TPSA) is 29.1 Å². The van der Waals surface area contributed by atoms with Crippen LogP contribution in [0.25, 0.3) is 0 Å². The molecule has 0 unspecified atom stereocenters. The van der Waals surface area contributed by atoms with Gasteiger partial charge in [0.1, 0.15) is 0 Å². The van der Waals surface area contributed by atoms with Crippen LogP contribution in [0.4, 0.5) is 5.69 Å². The predicted octanol–water partition coefficient (Wildman–Crippen LogP) is 2.61. The fourth-order valence-corrected chi connectivity index (χ4v) is 1.31. The van der Waals surface area contributed by atoms with Crippen LogP contribution in [0.15, 0.2) is 23.1 Å². The van der Waals surface area contributed by atoms with Crippen molar-refractivity contribution in [1.82, 2.24) is 0 Å². The van der Waals surface area contributed by atoms with Crippen molar-refractivity contribution in [1.29, 1.82) is 0 Å². The molecule has 0 aliphatic heterocycles. The third kappa shape index (κ3) is 2.49. The lowest BCUT2D eigenvalue weighted by molar-refractivity contribution is 0.101. The van der Waals surface area contributed by atoms with Gasteiger partial charge in [0.05, 0.1) is 0 Å². The maximum Gasteiger partial charge on any atom is 0.159 e. The number of hydrogen-bond acceptors (Lipinski definition) is 3. The molecule has 0 saturated heterocycles. The molecule has 0 fully saturated rings. The third-order valence-electron chi connectivity index (χ3n) is 1.77. The van der Waals surface area contributed by atoms with Crippen molar-refractivity contribution in [2.24, 2.45) is 0 Å². The first-order valence-corrected chi connectivity index (χ1v) is 4.67. The van der Waals surface area contributed by atoms with E-state index in [0.29, 0.717) is 5.56 Å². The van der Waals surface area contributed by atoms with Gasteiger partial charge in [0.15, 0.2) is 5.78 Å². The smallest absolute Gasteiger partial charge is 0.159 e. The van der Waals surface area contributed by atoms with Crippen LogP contribution < -0.4 is 5.32 Å². The van der Waals surface area contributed by atoms with E-state index in [9.17, 15) is 4.79 Å². The number of nitrogens with one attached hydrogen (secondary N) is 1. The van der Waals surface area contributed by atoms with Crippen LogP contribution in [0.2, 0.25) is 0 Å². The van der Waals surface area contributed by atoms with Crippen LogP contribution in [0.5, 0.6) is 0 Å². The van der Waals surface area contributed by atoms with Gasteiger partial charge in [-0.15, -0.1) is 12.6 Å². The molecule has 0 saturated carbocycles. The fourth-order valence-electron chi connectivity index (χ4n) is 1.09. The van der Waals surface area contributed by atoms with Crippen molar-refractivity contribution in [2.75, 3.05) is 11.9 Å². The number of rotatable bonds is 3. The number of carbonyl (C=O) groups is 1. The van der Waals surface area contributed by atoms with Gasteiger partial charge in [0.25, 0.3) is 0 Å². The van der Waals surface area contributed by atoms with Gasteiger partial charge in [0, 0.05) is 22.7 Å². The average Bonchev–Trinajstić information content (AvgIpc) is 2.08. The minimum Gasteiger partial charge on any atom is -0.384 e. The number of ketones is 1. The Balaban J connectivity index is 3.03. The zero-order valence-electron chi connectivity index (χ0n) is 7.79. The van der Waals surface area contributed by atoms with Gasteiger partial charge >= 0.3 is 0 Å². The summed E-state index contributed by atoms with van der Waals surface area (Å²) >= 11 is 4.27. The summed E-state index contributed by atoms with van der Waals surface area (Å²) in [7, 11) is 0. The van der Waals surface area contributed by atoms with E-state index in [1.165, 1.54) is 0 Å². The van der Waals surface area contributed by atoms with Crippen molar-refractivity contribution in [3.8, 4) is 0 Å². The van der Waals surface area contributed by atoms with E-state index in [4.69, 9.17) is 0 Å². The average molecular weight is 195 g/mol. The largest absolute Gasteiger partial charge is 0.384 e. The molecule has 1 N–H and O–H groups in total. The minimum atomic E-state index is 0.0764. The molecule has 1 aromatic carbocycles. The Morgan fingerprint density at radius 3 is 2.77 bits per heavy atom. The molecule has 0 bridgehead atoms. The van der Waals surface area contributed by atoms with Crippen LogP contribution in [0, 0.1) is 0 Å². The summed E-state index contributed by atoms with van der Waals surface area (Å²) in [5.74, 6) is 0.0764. The highest BCUT2D eigenvalue weighted by Gasteiger charge is 2.02. The van der Waals surface area contributed by atoms with Gasteiger partial charge in [-0.3, -0.25) is 4.79 Å². The Kier molecular flexibility index (Phi) is 3.37. The first kappa shape index (κ1) is 10.1. The monoisotopic (exact) mass is 195 g/mol. The molecule has 1 rings (SSSR count). The first-order chi connectivity index (χ1) is 6.15. The second kappa shape index (κ2) is 4.33. The van der Waals surface area contributed by atoms with Crippen molar-refractivity contribution >= 4 is 24.1 Å². The number of Topliss-reactive ketones (excluding diaryl/α,β-unsaturated/α-hetero) is 1. The van der Waals surface area contributed by atoms with E-state index in [-0.39, 0.29) is 5.78 Å². The summed E-state index contributed by atoms with van der Waals surface area (Å²) in [6.07, 6.45) is 0. The van der Waals surface area contributed by atoms with E-state index in [0.717, 1.165) is 17.1 Å². The number of carbonyl (C=O) groups excluding carboxylic acids is 1. The van der Waals surface area contributed by atoms with Gasteiger partial charge in [-0.2, -0.15) is 0 Å².